The number of piperidine rings is 1. The summed E-state index contributed by atoms with van der Waals surface area (Å²) in [4.78, 5) is 38.6. The van der Waals surface area contributed by atoms with Crippen LogP contribution in [0.2, 0.25) is 0 Å². The monoisotopic (exact) mass is 358 g/mol. The number of benzene rings is 1. The number of nitrogens with one attached hydrogen (secondary N) is 1. The van der Waals surface area contributed by atoms with Crippen molar-refractivity contribution in [3.63, 3.8) is 0 Å². The molecule has 0 bridgehead atoms. The largest absolute Gasteiger partial charge is 0.481 e. The van der Waals surface area contributed by atoms with Crippen LogP contribution in [0.4, 0.5) is 5.69 Å². The van der Waals surface area contributed by atoms with Gasteiger partial charge in [-0.3, -0.25) is 14.4 Å². The zero-order valence-electron chi connectivity index (χ0n) is 15.2. The van der Waals surface area contributed by atoms with Gasteiger partial charge >= 0.3 is 5.97 Å². The number of carbonyl (C=O) groups excluding carboxylic acids is 2. The molecule has 1 aliphatic carbocycles. The van der Waals surface area contributed by atoms with E-state index in [1.165, 1.54) is 0 Å². The fourth-order valence-electron chi connectivity index (χ4n) is 3.73. The molecule has 2 amide bonds. The van der Waals surface area contributed by atoms with Gasteiger partial charge < -0.3 is 15.3 Å². The van der Waals surface area contributed by atoms with Crippen molar-refractivity contribution >= 4 is 23.5 Å². The Labute approximate surface area is 153 Å². The second-order valence-electron chi connectivity index (χ2n) is 7.68. The maximum absolute atomic E-state index is 12.9. The molecule has 26 heavy (non-hydrogen) atoms. The Morgan fingerprint density at radius 1 is 1.19 bits per heavy atom. The average Bonchev–Trinajstić information content (AvgIpc) is 2.58. The highest BCUT2D eigenvalue weighted by Gasteiger charge is 2.46. The third-order valence-electron chi connectivity index (χ3n) is 5.77. The predicted octanol–water partition coefficient (Wildman–Crippen LogP) is 3.14. The van der Waals surface area contributed by atoms with Gasteiger partial charge in [0.25, 0.3) is 5.91 Å². The second-order valence-corrected chi connectivity index (χ2v) is 7.68. The molecule has 0 aromatic heterocycles. The van der Waals surface area contributed by atoms with Gasteiger partial charge in [-0.2, -0.15) is 0 Å². The molecule has 1 heterocycles. The highest BCUT2D eigenvalue weighted by atomic mass is 16.4. The lowest BCUT2D eigenvalue weighted by atomic mass is 9.66. The van der Waals surface area contributed by atoms with Crippen molar-refractivity contribution < 1.29 is 19.5 Å². The van der Waals surface area contributed by atoms with E-state index >= 15 is 0 Å². The normalized spacial score (nSPS) is 19.5. The Balaban J connectivity index is 1.70. The van der Waals surface area contributed by atoms with Gasteiger partial charge in [0.2, 0.25) is 5.91 Å². The minimum Gasteiger partial charge on any atom is -0.481 e. The van der Waals surface area contributed by atoms with Crippen molar-refractivity contribution in [1.29, 1.82) is 0 Å². The molecular weight excluding hydrogens is 332 g/mol. The lowest BCUT2D eigenvalue weighted by molar-refractivity contribution is -0.157. The number of amides is 2. The van der Waals surface area contributed by atoms with Crippen LogP contribution in [0.25, 0.3) is 0 Å². The van der Waals surface area contributed by atoms with Crippen LogP contribution in [-0.4, -0.2) is 40.9 Å². The molecule has 2 aliphatic rings. The van der Waals surface area contributed by atoms with Crippen LogP contribution in [0.3, 0.4) is 0 Å². The summed E-state index contributed by atoms with van der Waals surface area (Å²) in [7, 11) is 0. The number of carboxylic acid groups (broad SMARTS) is 1. The molecule has 1 aliphatic heterocycles. The summed E-state index contributed by atoms with van der Waals surface area (Å²) in [6.45, 7) is 3.64. The molecule has 0 spiro atoms. The molecule has 2 N–H and O–H groups in total. The number of likely N-dealkylation sites (tertiary alicyclic amines) is 1. The summed E-state index contributed by atoms with van der Waals surface area (Å²) in [5.41, 5.74) is -0.0131. The summed E-state index contributed by atoms with van der Waals surface area (Å²) >= 11 is 0. The van der Waals surface area contributed by atoms with Crippen molar-refractivity contribution in [1.82, 2.24) is 4.90 Å². The van der Waals surface area contributed by atoms with Gasteiger partial charge in [-0.05, 0) is 43.7 Å². The van der Waals surface area contributed by atoms with Crippen LogP contribution < -0.4 is 5.32 Å². The van der Waals surface area contributed by atoms with Crippen LogP contribution in [0.15, 0.2) is 24.3 Å². The van der Waals surface area contributed by atoms with Crippen molar-refractivity contribution in [2.45, 2.75) is 45.4 Å². The Morgan fingerprint density at radius 2 is 1.85 bits per heavy atom. The van der Waals surface area contributed by atoms with Crippen LogP contribution >= 0.6 is 0 Å². The minimum atomic E-state index is -0.938. The SMILES string of the molecule is CC1CCN(C(=O)c2ccccc2NC(=O)CC2(C(=O)O)CCC2)CC1. The van der Waals surface area contributed by atoms with Crippen molar-refractivity contribution in [2.24, 2.45) is 11.3 Å². The van der Waals surface area contributed by atoms with E-state index in [-0.39, 0.29) is 18.2 Å². The maximum Gasteiger partial charge on any atom is 0.310 e. The van der Waals surface area contributed by atoms with Crippen LogP contribution in [0.5, 0.6) is 0 Å². The molecule has 1 aromatic rings. The Hall–Kier alpha value is -2.37. The second kappa shape index (κ2) is 7.48. The first-order valence-electron chi connectivity index (χ1n) is 9.33. The van der Waals surface area contributed by atoms with Gasteiger partial charge in [-0.25, -0.2) is 0 Å². The standard InChI is InChI=1S/C20H26N2O4/c1-14-7-11-22(12-8-14)18(24)15-5-2-3-6-16(15)21-17(23)13-20(19(25)26)9-4-10-20/h2-3,5-6,14H,4,7-13H2,1H3,(H,21,23)(H,25,26). The predicted molar refractivity (Wildman–Crippen MR) is 97.9 cm³/mol. The molecule has 140 valence electrons. The molecule has 0 atom stereocenters. The first-order chi connectivity index (χ1) is 12.4. The molecule has 0 radical (unpaired) electrons. The minimum absolute atomic E-state index is 0.0495. The van der Waals surface area contributed by atoms with E-state index in [4.69, 9.17) is 0 Å². The first kappa shape index (κ1) is 18.4. The van der Waals surface area contributed by atoms with Gasteiger partial charge in [0.1, 0.15) is 0 Å². The molecule has 0 unspecified atom stereocenters. The van der Waals surface area contributed by atoms with E-state index in [9.17, 15) is 19.5 Å². The van der Waals surface area contributed by atoms with Gasteiger partial charge in [-0.1, -0.05) is 25.5 Å². The molecule has 1 saturated carbocycles. The molecule has 1 aromatic carbocycles. The zero-order valence-corrected chi connectivity index (χ0v) is 15.2. The molecule has 6 nitrogen and oxygen atoms in total. The van der Waals surface area contributed by atoms with E-state index < -0.39 is 11.4 Å². The Bertz CT molecular complexity index is 704. The van der Waals surface area contributed by atoms with E-state index in [1.807, 2.05) is 4.90 Å². The quantitative estimate of drug-likeness (QED) is 0.846. The van der Waals surface area contributed by atoms with E-state index in [0.29, 0.717) is 30.0 Å². The Morgan fingerprint density at radius 3 is 2.42 bits per heavy atom. The van der Waals surface area contributed by atoms with Crippen LogP contribution in [-0.2, 0) is 9.59 Å². The van der Waals surface area contributed by atoms with E-state index in [0.717, 1.165) is 32.4 Å². The summed E-state index contributed by atoms with van der Waals surface area (Å²) in [6, 6.07) is 6.96. The Kier molecular flexibility index (Phi) is 5.30. The van der Waals surface area contributed by atoms with Crippen LogP contribution in [0.1, 0.15) is 55.8 Å². The lowest BCUT2D eigenvalue weighted by Gasteiger charge is -2.37. The van der Waals surface area contributed by atoms with Crippen molar-refractivity contribution in [3.05, 3.63) is 29.8 Å². The fourth-order valence-corrected chi connectivity index (χ4v) is 3.73. The summed E-state index contributed by atoms with van der Waals surface area (Å²) in [5.74, 6) is -0.710. The average molecular weight is 358 g/mol. The first-order valence-corrected chi connectivity index (χ1v) is 9.33. The van der Waals surface area contributed by atoms with E-state index in [1.54, 1.807) is 24.3 Å². The molecule has 2 fully saturated rings. The number of anilines is 1. The number of nitrogens with zero attached hydrogens (tertiary/aromatic N) is 1. The highest BCUT2D eigenvalue weighted by molar-refractivity contribution is 6.04. The van der Waals surface area contributed by atoms with Crippen molar-refractivity contribution in [2.75, 3.05) is 18.4 Å². The summed E-state index contributed by atoms with van der Waals surface area (Å²) < 4.78 is 0. The summed E-state index contributed by atoms with van der Waals surface area (Å²) in [6.07, 6.45) is 3.82. The van der Waals surface area contributed by atoms with Gasteiger partial charge in [-0.15, -0.1) is 0 Å². The number of hydrogen-bond acceptors (Lipinski definition) is 3. The molecular formula is C20H26N2O4. The fraction of sp³-hybridized carbons (Fsp3) is 0.550. The zero-order chi connectivity index (χ0) is 18.7. The number of carboxylic acids is 1. The molecule has 3 rings (SSSR count). The summed E-state index contributed by atoms with van der Waals surface area (Å²) in [5, 5.41) is 12.2. The van der Waals surface area contributed by atoms with E-state index in [2.05, 4.69) is 12.2 Å². The lowest BCUT2D eigenvalue weighted by Crippen LogP contribution is -2.41. The third kappa shape index (κ3) is 3.74. The number of aliphatic carboxylic acids is 1. The number of rotatable bonds is 5. The third-order valence-corrected chi connectivity index (χ3v) is 5.77. The molecule has 6 heteroatoms. The molecule has 1 saturated heterocycles. The topological polar surface area (TPSA) is 86.7 Å². The van der Waals surface area contributed by atoms with Gasteiger partial charge in [0.15, 0.2) is 0 Å². The number of para-hydroxylation sites is 1. The smallest absolute Gasteiger partial charge is 0.310 e. The number of hydrogen-bond donors (Lipinski definition) is 2. The van der Waals surface area contributed by atoms with Crippen molar-refractivity contribution in [3.8, 4) is 0 Å². The number of carbonyl (C=O) groups is 3. The highest BCUT2D eigenvalue weighted by Crippen LogP contribution is 2.44. The van der Waals surface area contributed by atoms with Gasteiger partial charge in [0, 0.05) is 19.5 Å². The maximum atomic E-state index is 12.9. The van der Waals surface area contributed by atoms with Gasteiger partial charge in [0.05, 0.1) is 16.7 Å². The van der Waals surface area contributed by atoms with Crippen LogP contribution in [0, 0.1) is 11.3 Å².